The van der Waals surface area contributed by atoms with E-state index in [4.69, 9.17) is 5.73 Å². The van der Waals surface area contributed by atoms with Crippen molar-refractivity contribution in [2.45, 2.75) is 45.1 Å². The molecule has 3 N–H and O–H groups in total. The second kappa shape index (κ2) is 5.03. The first-order chi connectivity index (χ1) is 7.65. The van der Waals surface area contributed by atoms with Crippen LogP contribution in [0.25, 0.3) is 0 Å². The molecule has 1 saturated heterocycles. The summed E-state index contributed by atoms with van der Waals surface area (Å²) in [6.45, 7) is 6.06. The standard InChI is InChI=1S/C13H26N2O/c1-11-4-7-15(8-12(11)16)10-13(9-14)5-2-3-6-13/h11-12,16H,2-10,14H2,1H3. The molecule has 94 valence electrons. The Morgan fingerprint density at radius 3 is 2.62 bits per heavy atom. The molecular formula is C13H26N2O. The van der Waals surface area contributed by atoms with Gasteiger partial charge in [0.05, 0.1) is 6.10 Å². The molecule has 1 saturated carbocycles. The average Bonchev–Trinajstić information content (AvgIpc) is 2.73. The monoisotopic (exact) mass is 226 g/mol. The zero-order valence-corrected chi connectivity index (χ0v) is 10.5. The van der Waals surface area contributed by atoms with Gasteiger partial charge in [0.25, 0.3) is 0 Å². The minimum Gasteiger partial charge on any atom is -0.392 e. The van der Waals surface area contributed by atoms with E-state index < -0.39 is 0 Å². The molecule has 0 aromatic heterocycles. The highest BCUT2D eigenvalue weighted by Crippen LogP contribution is 2.38. The number of aliphatic hydroxyl groups is 1. The normalized spacial score (nSPS) is 35.4. The number of hydrogen-bond donors (Lipinski definition) is 2. The SMILES string of the molecule is CC1CCN(CC2(CN)CCCC2)CC1O. The summed E-state index contributed by atoms with van der Waals surface area (Å²) in [7, 11) is 0. The lowest BCUT2D eigenvalue weighted by atomic mass is 9.84. The van der Waals surface area contributed by atoms with Crippen molar-refractivity contribution in [2.24, 2.45) is 17.1 Å². The van der Waals surface area contributed by atoms with Gasteiger partial charge in [-0.15, -0.1) is 0 Å². The zero-order valence-electron chi connectivity index (χ0n) is 10.5. The van der Waals surface area contributed by atoms with Crippen LogP contribution in [0.3, 0.4) is 0 Å². The number of piperidine rings is 1. The number of hydrogen-bond acceptors (Lipinski definition) is 3. The second-order valence-corrected chi connectivity index (χ2v) is 5.98. The number of nitrogens with zero attached hydrogens (tertiary/aromatic N) is 1. The van der Waals surface area contributed by atoms with Gasteiger partial charge in [-0.25, -0.2) is 0 Å². The van der Waals surface area contributed by atoms with Gasteiger partial charge in [-0.05, 0) is 43.7 Å². The highest BCUT2D eigenvalue weighted by atomic mass is 16.3. The van der Waals surface area contributed by atoms with Crippen LogP contribution in [0, 0.1) is 11.3 Å². The Morgan fingerprint density at radius 2 is 2.06 bits per heavy atom. The van der Waals surface area contributed by atoms with Gasteiger partial charge in [0.2, 0.25) is 0 Å². The molecule has 2 unspecified atom stereocenters. The minimum absolute atomic E-state index is 0.134. The Morgan fingerprint density at radius 1 is 1.38 bits per heavy atom. The molecule has 3 heteroatoms. The van der Waals surface area contributed by atoms with E-state index in [0.29, 0.717) is 11.3 Å². The van der Waals surface area contributed by atoms with Gasteiger partial charge >= 0.3 is 0 Å². The summed E-state index contributed by atoms with van der Waals surface area (Å²) in [6, 6.07) is 0. The smallest absolute Gasteiger partial charge is 0.0693 e. The van der Waals surface area contributed by atoms with Crippen molar-refractivity contribution in [3.8, 4) is 0 Å². The van der Waals surface area contributed by atoms with E-state index in [1.165, 1.54) is 25.7 Å². The molecule has 0 aromatic rings. The molecule has 0 amide bonds. The number of aliphatic hydroxyl groups excluding tert-OH is 1. The van der Waals surface area contributed by atoms with E-state index in [0.717, 1.165) is 32.6 Å². The van der Waals surface area contributed by atoms with Crippen LogP contribution in [-0.4, -0.2) is 42.3 Å². The maximum absolute atomic E-state index is 9.91. The third kappa shape index (κ3) is 2.58. The predicted molar refractivity (Wildman–Crippen MR) is 66.2 cm³/mol. The van der Waals surface area contributed by atoms with Crippen molar-refractivity contribution in [1.29, 1.82) is 0 Å². The molecule has 1 heterocycles. The van der Waals surface area contributed by atoms with E-state index in [9.17, 15) is 5.11 Å². The summed E-state index contributed by atoms with van der Waals surface area (Å²) in [5.74, 6) is 0.466. The van der Waals surface area contributed by atoms with Crippen molar-refractivity contribution in [2.75, 3.05) is 26.2 Å². The van der Waals surface area contributed by atoms with Crippen molar-refractivity contribution >= 4 is 0 Å². The molecule has 16 heavy (non-hydrogen) atoms. The third-order valence-corrected chi connectivity index (χ3v) is 4.66. The molecule has 2 rings (SSSR count). The van der Waals surface area contributed by atoms with Crippen LogP contribution in [-0.2, 0) is 0 Å². The van der Waals surface area contributed by atoms with Gasteiger partial charge in [-0.2, -0.15) is 0 Å². The Kier molecular flexibility index (Phi) is 3.88. The first-order valence-corrected chi connectivity index (χ1v) is 6.76. The summed E-state index contributed by atoms with van der Waals surface area (Å²) in [4.78, 5) is 2.43. The molecular weight excluding hydrogens is 200 g/mol. The predicted octanol–water partition coefficient (Wildman–Crippen LogP) is 1.21. The van der Waals surface area contributed by atoms with Gasteiger partial charge < -0.3 is 15.7 Å². The second-order valence-electron chi connectivity index (χ2n) is 5.98. The molecule has 0 radical (unpaired) electrons. The molecule has 0 spiro atoms. The first-order valence-electron chi connectivity index (χ1n) is 6.76. The Labute approximate surface area is 99.0 Å². The van der Waals surface area contributed by atoms with Crippen molar-refractivity contribution in [1.82, 2.24) is 4.90 Å². The fourth-order valence-electron chi connectivity index (χ4n) is 3.28. The maximum Gasteiger partial charge on any atom is 0.0693 e. The number of β-amino-alcohol motifs (C(OH)–C–C–N with tert-alkyl or cyclic N) is 1. The minimum atomic E-state index is -0.134. The molecule has 2 atom stereocenters. The highest BCUT2D eigenvalue weighted by molar-refractivity contribution is 4.90. The molecule has 2 aliphatic rings. The Balaban J connectivity index is 1.89. The molecule has 1 aliphatic heterocycles. The van der Waals surface area contributed by atoms with Crippen LogP contribution in [0.2, 0.25) is 0 Å². The molecule has 3 nitrogen and oxygen atoms in total. The Hall–Kier alpha value is -0.120. The number of likely N-dealkylation sites (tertiary alicyclic amines) is 1. The lowest BCUT2D eigenvalue weighted by molar-refractivity contribution is 0.0115. The van der Waals surface area contributed by atoms with E-state index >= 15 is 0 Å². The summed E-state index contributed by atoms with van der Waals surface area (Å²) in [5.41, 5.74) is 6.32. The van der Waals surface area contributed by atoms with E-state index in [-0.39, 0.29) is 6.10 Å². The lowest BCUT2D eigenvalue weighted by Gasteiger charge is -2.40. The maximum atomic E-state index is 9.91. The average molecular weight is 226 g/mol. The van der Waals surface area contributed by atoms with Gasteiger partial charge in [0.1, 0.15) is 0 Å². The van der Waals surface area contributed by atoms with Crippen LogP contribution < -0.4 is 5.73 Å². The largest absolute Gasteiger partial charge is 0.392 e. The number of nitrogens with two attached hydrogens (primary N) is 1. The van der Waals surface area contributed by atoms with Crippen LogP contribution in [0.4, 0.5) is 0 Å². The summed E-state index contributed by atoms with van der Waals surface area (Å²) in [5, 5.41) is 9.91. The molecule has 0 bridgehead atoms. The third-order valence-electron chi connectivity index (χ3n) is 4.66. The van der Waals surface area contributed by atoms with Crippen molar-refractivity contribution in [3.05, 3.63) is 0 Å². The van der Waals surface area contributed by atoms with E-state index in [1.54, 1.807) is 0 Å². The fourth-order valence-corrected chi connectivity index (χ4v) is 3.28. The topological polar surface area (TPSA) is 49.5 Å². The highest BCUT2D eigenvalue weighted by Gasteiger charge is 2.36. The molecule has 2 fully saturated rings. The van der Waals surface area contributed by atoms with Crippen molar-refractivity contribution < 1.29 is 5.11 Å². The van der Waals surface area contributed by atoms with Gasteiger partial charge in [0.15, 0.2) is 0 Å². The summed E-state index contributed by atoms with van der Waals surface area (Å²) < 4.78 is 0. The first kappa shape index (κ1) is 12.3. The summed E-state index contributed by atoms with van der Waals surface area (Å²) in [6.07, 6.45) is 6.23. The van der Waals surface area contributed by atoms with Gasteiger partial charge in [0, 0.05) is 13.1 Å². The quantitative estimate of drug-likeness (QED) is 0.760. The Bertz CT molecular complexity index is 226. The molecule has 0 aromatic carbocycles. The number of rotatable bonds is 3. The zero-order chi connectivity index (χ0) is 11.6. The van der Waals surface area contributed by atoms with Crippen LogP contribution in [0.15, 0.2) is 0 Å². The van der Waals surface area contributed by atoms with Crippen LogP contribution >= 0.6 is 0 Å². The fraction of sp³-hybridized carbons (Fsp3) is 1.00. The van der Waals surface area contributed by atoms with E-state index in [1.807, 2.05) is 0 Å². The van der Waals surface area contributed by atoms with Gasteiger partial charge in [-0.1, -0.05) is 19.8 Å². The lowest BCUT2D eigenvalue weighted by Crippen LogP contribution is -2.48. The van der Waals surface area contributed by atoms with Crippen LogP contribution in [0.1, 0.15) is 39.0 Å². The van der Waals surface area contributed by atoms with Crippen molar-refractivity contribution in [3.63, 3.8) is 0 Å². The van der Waals surface area contributed by atoms with Gasteiger partial charge in [-0.3, -0.25) is 0 Å². The van der Waals surface area contributed by atoms with E-state index in [2.05, 4.69) is 11.8 Å². The summed E-state index contributed by atoms with van der Waals surface area (Å²) >= 11 is 0. The van der Waals surface area contributed by atoms with Crippen LogP contribution in [0.5, 0.6) is 0 Å². The molecule has 1 aliphatic carbocycles.